The molecule has 0 aliphatic heterocycles. The highest BCUT2D eigenvalue weighted by Crippen LogP contribution is 2.44. The Kier molecular flexibility index (Phi) is 3.59. The molecule has 1 saturated carbocycles. The lowest BCUT2D eigenvalue weighted by molar-refractivity contribution is 0.191. The SMILES string of the molecule is CCCCCCC1(C#N)CCC1. The lowest BCUT2D eigenvalue weighted by Crippen LogP contribution is -2.27. The van der Waals surface area contributed by atoms with Gasteiger partial charge >= 0.3 is 0 Å². The van der Waals surface area contributed by atoms with Gasteiger partial charge in [-0.15, -0.1) is 0 Å². The van der Waals surface area contributed by atoms with Crippen LogP contribution in [0.4, 0.5) is 0 Å². The van der Waals surface area contributed by atoms with Crippen molar-refractivity contribution in [2.24, 2.45) is 5.41 Å². The number of hydrogen-bond acceptors (Lipinski definition) is 1. The Labute approximate surface area is 75.8 Å². The first-order valence-electron chi connectivity index (χ1n) is 5.24. The molecule has 0 unspecified atom stereocenters. The van der Waals surface area contributed by atoms with Crippen LogP contribution >= 0.6 is 0 Å². The molecule has 0 aromatic carbocycles. The van der Waals surface area contributed by atoms with Crippen LogP contribution in [0.15, 0.2) is 0 Å². The Morgan fingerprint density at radius 3 is 2.42 bits per heavy atom. The molecule has 68 valence electrons. The average molecular weight is 165 g/mol. The summed E-state index contributed by atoms with van der Waals surface area (Å²) < 4.78 is 0. The van der Waals surface area contributed by atoms with Gasteiger partial charge in [-0.1, -0.05) is 39.0 Å². The second-order valence-electron chi connectivity index (χ2n) is 4.06. The Balaban J connectivity index is 2.09. The van der Waals surface area contributed by atoms with Gasteiger partial charge in [-0.25, -0.2) is 0 Å². The topological polar surface area (TPSA) is 23.8 Å². The van der Waals surface area contributed by atoms with Gasteiger partial charge in [0, 0.05) is 0 Å². The summed E-state index contributed by atoms with van der Waals surface area (Å²) in [6.07, 6.45) is 9.97. The maximum atomic E-state index is 8.94. The molecule has 0 aromatic rings. The van der Waals surface area contributed by atoms with E-state index in [9.17, 15) is 0 Å². The zero-order valence-corrected chi connectivity index (χ0v) is 8.10. The van der Waals surface area contributed by atoms with Gasteiger partial charge in [-0.3, -0.25) is 0 Å². The standard InChI is InChI=1S/C11H19N/c1-2-3-4-5-7-11(10-12)8-6-9-11/h2-9H2,1H3. The van der Waals surface area contributed by atoms with Gasteiger partial charge in [-0.2, -0.15) is 5.26 Å². The molecule has 1 rings (SSSR count). The van der Waals surface area contributed by atoms with Crippen molar-refractivity contribution in [2.45, 2.75) is 58.3 Å². The van der Waals surface area contributed by atoms with Gasteiger partial charge in [-0.05, 0) is 19.3 Å². The van der Waals surface area contributed by atoms with Gasteiger partial charge < -0.3 is 0 Å². The van der Waals surface area contributed by atoms with Crippen molar-refractivity contribution in [2.75, 3.05) is 0 Å². The van der Waals surface area contributed by atoms with Gasteiger partial charge in [0.05, 0.1) is 11.5 Å². The molecule has 0 saturated heterocycles. The predicted molar refractivity (Wildman–Crippen MR) is 50.7 cm³/mol. The van der Waals surface area contributed by atoms with Crippen molar-refractivity contribution in [3.05, 3.63) is 0 Å². The van der Waals surface area contributed by atoms with Crippen LogP contribution in [0.25, 0.3) is 0 Å². The summed E-state index contributed by atoms with van der Waals surface area (Å²) >= 11 is 0. The monoisotopic (exact) mass is 165 g/mol. The molecule has 0 N–H and O–H groups in total. The van der Waals surface area contributed by atoms with Crippen molar-refractivity contribution in [1.29, 1.82) is 5.26 Å². The Morgan fingerprint density at radius 2 is 2.00 bits per heavy atom. The number of rotatable bonds is 5. The zero-order chi connectivity index (χ0) is 8.86. The Morgan fingerprint density at radius 1 is 1.25 bits per heavy atom. The average Bonchev–Trinajstić information content (AvgIpc) is 2.02. The third kappa shape index (κ3) is 2.24. The normalized spacial score (nSPS) is 19.7. The van der Waals surface area contributed by atoms with Crippen LogP contribution in [0.5, 0.6) is 0 Å². The van der Waals surface area contributed by atoms with E-state index >= 15 is 0 Å². The van der Waals surface area contributed by atoms with Crippen LogP contribution in [0.3, 0.4) is 0 Å². The van der Waals surface area contributed by atoms with E-state index in [1.54, 1.807) is 0 Å². The Hall–Kier alpha value is -0.510. The highest BCUT2D eigenvalue weighted by Gasteiger charge is 2.36. The second-order valence-corrected chi connectivity index (χ2v) is 4.06. The van der Waals surface area contributed by atoms with E-state index in [0.717, 1.165) is 19.3 Å². The minimum Gasteiger partial charge on any atom is -0.198 e. The lowest BCUT2D eigenvalue weighted by Gasteiger charge is -2.35. The molecule has 0 radical (unpaired) electrons. The minimum absolute atomic E-state index is 0.119. The van der Waals surface area contributed by atoms with Crippen molar-refractivity contribution < 1.29 is 0 Å². The van der Waals surface area contributed by atoms with E-state index in [0.29, 0.717) is 0 Å². The van der Waals surface area contributed by atoms with Crippen LogP contribution < -0.4 is 0 Å². The lowest BCUT2D eigenvalue weighted by atomic mass is 9.67. The van der Waals surface area contributed by atoms with Crippen LogP contribution in [0.1, 0.15) is 58.3 Å². The summed E-state index contributed by atoms with van der Waals surface area (Å²) in [6, 6.07) is 2.49. The van der Waals surface area contributed by atoms with E-state index in [-0.39, 0.29) is 5.41 Å². The number of hydrogen-bond donors (Lipinski definition) is 0. The smallest absolute Gasteiger partial charge is 0.0689 e. The van der Waals surface area contributed by atoms with Crippen LogP contribution in [-0.4, -0.2) is 0 Å². The first-order valence-corrected chi connectivity index (χ1v) is 5.24. The fraction of sp³-hybridized carbons (Fsp3) is 0.909. The van der Waals surface area contributed by atoms with Crippen LogP contribution in [0, 0.1) is 16.7 Å². The Bertz CT molecular complexity index is 162. The van der Waals surface area contributed by atoms with E-state index in [2.05, 4.69) is 13.0 Å². The molecule has 0 atom stereocenters. The second kappa shape index (κ2) is 4.50. The van der Waals surface area contributed by atoms with Gasteiger partial charge in [0.15, 0.2) is 0 Å². The van der Waals surface area contributed by atoms with E-state index < -0.39 is 0 Å². The number of unbranched alkanes of at least 4 members (excludes halogenated alkanes) is 3. The zero-order valence-electron chi connectivity index (χ0n) is 8.10. The third-order valence-electron chi connectivity index (χ3n) is 3.06. The quantitative estimate of drug-likeness (QED) is 0.570. The third-order valence-corrected chi connectivity index (χ3v) is 3.06. The summed E-state index contributed by atoms with van der Waals surface area (Å²) in [7, 11) is 0. The summed E-state index contributed by atoms with van der Waals surface area (Å²) in [5.74, 6) is 0. The van der Waals surface area contributed by atoms with Crippen molar-refractivity contribution in [3.63, 3.8) is 0 Å². The molecular formula is C11H19N. The van der Waals surface area contributed by atoms with Crippen LogP contribution in [-0.2, 0) is 0 Å². The van der Waals surface area contributed by atoms with Crippen molar-refractivity contribution in [1.82, 2.24) is 0 Å². The minimum atomic E-state index is 0.119. The molecule has 1 fully saturated rings. The molecule has 12 heavy (non-hydrogen) atoms. The largest absolute Gasteiger partial charge is 0.198 e. The summed E-state index contributed by atoms with van der Waals surface area (Å²) in [6.45, 7) is 2.23. The number of nitrogens with zero attached hydrogens (tertiary/aromatic N) is 1. The highest BCUT2D eigenvalue weighted by atomic mass is 14.4. The molecule has 0 spiro atoms. The molecule has 1 heteroatoms. The van der Waals surface area contributed by atoms with Crippen LogP contribution in [0.2, 0.25) is 0 Å². The van der Waals surface area contributed by atoms with Gasteiger partial charge in [0.25, 0.3) is 0 Å². The van der Waals surface area contributed by atoms with Crippen molar-refractivity contribution >= 4 is 0 Å². The molecule has 0 aromatic heterocycles. The van der Waals surface area contributed by atoms with E-state index in [1.165, 1.54) is 32.1 Å². The molecular weight excluding hydrogens is 146 g/mol. The first kappa shape index (κ1) is 9.58. The highest BCUT2D eigenvalue weighted by molar-refractivity contribution is 5.04. The molecule has 0 amide bonds. The molecule has 0 heterocycles. The van der Waals surface area contributed by atoms with Gasteiger partial charge in [0.2, 0.25) is 0 Å². The van der Waals surface area contributed by atoms with E-state index in [4.69, 9.17) is 5.26 Å². The molecule has 0 bridgehead atoms. The van der Waals surface area contributed by atoms with Crippen molar-refractivity contribution in [3.8, 4) is 6.07 Å². The number of nitriles is 1. The summed E-state index contributed by atoms with van der Waals surface area (Å²) in [4.78, 5) is 0. The molecule has 1 nitrogen and oxygen atoms in total. The molecule has 1 aliphatic rings. The van der Waals surface area contributed by atoms with Gasteiger partial charge in [0.1, 0.15) is 0 Å². The predicted octanol–water partition coefficient (Wildman–Crippen LogP) is 3.65. The fourth-order valence-electron chi connectivity index (χ4n) is 1.91. The van der Waals surface area contributed by atoms with E-state index in [1.807, 2.05) is 0 Å². The first-order chi connectivity index (χ1) is 5.83. The summed E-state index contributed by atoms with van der Waals surface area (Å²) in [5.41, 5.74) is 0.119. The maximum absolute atomic E-state index is 8.94. The fourth-order valence-corrected chi connectivity index (χ4v) is 1.91. The molecule has 1 aliphatic carbocycles. The maximum Gasteiger partial charge on any atom is 0.0689 e. The summed E-state index contributed by atoms with van der Waals surface area (Å²) in [5, 5.41) is 8.94.